The van der Waals surface area contributed by atoms with Gasteiger partial charge in [-0.25, -0.2) is 24.3 Å². The van der Waals surface area contributed by atoms with Gasteiger partial charge in [-0.05, 0) is 0 Å². The van der Waals surface area contributed by atoms with Crippen LogP contribution in [0.15, 0.2) is 60.7 Å². The SMILES string of the molecule is [Hf].c1cc[cH-]c1.c1cc[cH-]c1. The van der Waals surface area contributed by atoms with E-state index in [1.54, 1.807) is 0 Å². The van der Waals surface area contributed by atoms with Crippen molar-refractivity contribution in [3.8, 4) is 0 Å². The average Bonchev–Trinajstić information content (AvgIpc) is 2.67. The molecular weight excluding hydrogens is 299 g/mol. The van der Waals surface area contributed by atoms with E-state index >= 15 is 0 Å². The summed E-state index contributed by atoms with van der Waals surface area (Å²) in [5, 5.41) is 0. The molecule has 11 heavy (non-hydrogen) atoms. The predicted molar refractivity (Wildman–Crippen MR) is 44.1 cm³/mol. The third-order valence-electron chi connectivity index (χ3n) is 1.11. The third kappa shape index (κ3) is 5.99. The Hall–Kier alpha value is -0.430. The molecule has 0 aliphatic carbocycles. The maximum Gasteiger partial charge on any atom is 0 e. The second-order valence-corrected chi connectivity index (χ2v) is 1.92. The molecule has 0 aromatic heterocycles. The summed E-state index contributed by atoms with van der Waals surface area (Å²) >= 11 is 0. The summed E-state index contributed by atoms with van der Waals surface area (Å²) in [6.45, 7) is 0. The van der Waals surface area contributed by atoms with Crippen molar-refractivity contribution in [2.75, 3.05) is 0 Å². The predicted octanol–water partition coefficient (Wildman–Crippen LogP) is 2.81. The Bertz CT molecular complexity index is 144. The molecule has 56 valence electrons. The normalized spacial score (nSPS) is 7.27. The fourth-order valence-electron chi connectivity index (χ4n) is 0.642. The zero-order valence-electron chi connectivity index (χ0n) is 6.27. The molecule has 0 radical (unpaired) electrons. The van der Waals surface area contributed by atoms with E-state index in [1.165, 1.54) is 0 Å². The minimum atomic E-state index is 0. The summed E-state index contributed by atoms with van der Waals surface area (Å²) in [5.41, 5.74) is 0. The summed E-state index contributed by atoms with van der Waals surface area (Å²) < 4.78 is 0. The molecule has 0 heterocycles. The molecule has 0 aliphatic heterocycles. The summed E-state index contributed by atoms with van der Waals surface area (Å²) in [6, 6.07) is 20.0. The molecular formula is C10H10Hf-2. The van der Waals surface area contributed by atoms with Crippen LogP contribution in [0.25, 0.3) is 0 Å². The van der Waals surface area contributed by atoms with E-state index in [4.69, 9.17) is 0 Å². The molecule has 0 bridgehead atoms. The van der Waals surface area contributed by atoms with Gasteiger partial charge in [0.25, 0.3) is 0 Å². The first-order valence-electron chi connectivity index (χ1n) is 3.33. The zero-order valence-corrected chi connectivity index (χ0v) is 9.87. The van der Waals surface area contributed by atoms with E-state index in [0.717, 1.165) is 0 Å². The van der Waals surface area contributed by atoms with Gasteiger partial charge in [-0.3, -0.25) is 0 Å². The number of rotatable bonds is 0. The molecule has 0 unspecified atom stereocenters. The topological polar surface area (TPSA) is 0 Å². The quantitative estimate of drug-likeness (QED) is 0.518. The van der Waals surface area contributed by atoms with Gasteiger partial charge in [-0.1, -0.05) is 0 Å². The monoisotopic (exact) mass is 310 g/mol. The Balaban J connectivity index is 0.000000167. The first-order valence-corrected chi connectivity index (χ1v) is 3.33. The molecule has 2 rings (SSSR count). The van der Waals surface area contributed by atoms with E-state index in [2.05, 4.69) is 0 Å². The van der Waals surface area contributed by atoms with Crippen LogP contribution in [0.5, 0.6) is 0 Å². The van der Waals surface area contributed by atoms with Crippen molar-refractivity contribution >= 4 is 0 Å². The molecule has 0 spiro atoms. The van der Waals surface area contributed by atoms with Crippen molar-refractivity contribution in [1.82, 2.24) is 0 Å². The second-order valence-electron chi connectivity index (χ2n) is 1.92. The number of hydrogen-bond donors (Lipinski definition) is 0. The summed E-state index contributed by atoms with van der Waals surface area (Å²) in [7, 11) is 0. The largest absolute Gasteiger partial charge is 0.214 e. The van der Waals surface area contributed by atoms with Gasteiger partial charge in [-0.2, -0.15) is 36.4 Å². The minimum absolute atomic E-state index is 0. The Morgan fingerprint density at radius 3 is 0.909 bits per heavy atom. The standard InChI is InChI=1S/2C5H5.Hf/c2*1-2-4-5-3-1;/h2*1-5H;/q2*-1;. The van der Waals surface area contributed by atoms with E-state index in [0.29, 0.717) is 0 Å². The molecule has 0 aliphatic rings. The van der Waals surface area contributed by atoms with E-state index in [9.17, 15) is 0 Å². The van der Waals surface area contributed by atoms with E-state index in [-0.39, 0.29) is 25.8 Å². The molecule has 1 heteroatoms. The molecule has 0 nitrogen and oxygen atoms in total. The maximum atomic E-state index is 2.00. The van der Waals surface area contributed by atoms with Crippen LogP contribution in [0.1, 0.15) is 0 Å². The smallest absolute Gasteiger partial charge is 0 e. The van der Waals surface area contributed by atoms with Gasteiger partial charge in [0.1, 0.15) is 0 Å². The van der Waals surface area contributed by atoms with Gasteiger partial charge in [0.15, 0.2) is 0 Å². The first kappa shape index (κ1) is 10.6. The summed E-state index contributed by atoms with van der Waals surface area (Å²) in [5.74, 6) is 0. The summed E-state index contributed by atoms with van der Waals surface area (Å²) in [6.07, 6.45) is 0. The second kappa shape index (κ2) is 7.67. The van der Waals surface area contributed by atoms with Gasteiger partial charge >= 0.3 is 0 Å². The fraction of sp³-hybridized carbons (Fsp3) is 0. The molecule has 0 N–H and O–H groups in total. The van der Waals surface area contributed by atoms with Crippen LogP contribution in [0.4, 0.5) is 0 Å². The molecule has 0 amide bonds. The number of hydrogen-bond acceptors (Lipinski definition) is 0. The Morgan fingerprint density at radius 2 is 0.818 bits per heavy atom. The van der Waals surface area contributed by atoms with Crippen LogP contribution in [0.3, 0.4) is 0 Å². The van der Waals surface area contributed by atoms with Crippen molar-refractivity contribution in [3.05, 3.63) is 60.7 Å². The van der Waals surface area contributed by atoms with Crippen LogP contribution in [-0.2, 0) is 25.8 Å². The van der Waals surface area contributed by atoms with Crippen molar-refractivity contribution in [2.24, 2.45) is 0 Å². The van der Waals surface area contributed by atoms with E-state index in [1.807, 2.05) is 60.7 Å². The van der Waals surface area contributed by atoms with Crippen molar-refractivity contribution < 1.29 is 25.8 Å². The Kier molecular flexibility index (Phi) is 7.37. The van der Waals surface area contributed by atoms with Crippen molar-refractivity contribution in [1.29, 1.82) is 0 Å². The van der Waals surface area contributed by atoms with Crippen LogP contribution in [-0.4, -0.2) is 0 Å². The molecule has 2 aromatic carbocycles. The third-order valence-corrected chi connectivity index (χ3v) is 1.11. The first-order chi connectivity index (χ1) is 5.00. The molecule has 0 atom stereocenters. The Labute approximate surface area is 86.4 Å². The average molecular weight is 309 g/mol. The fourth-order valence-corrected chi connectivity index (χ4v) is 0.642. The van der Waals surface area contributed by atoms with Gasteiger partial charge in [0.2, 0.25) is 0 Å². The van der Waals surface area contributed by atoms with Gasteiger partial charge in [0.05, 0.1) is 0 Å². The van der Waals surface area contributed by atoms with E-state index < -0.39 is 0 Å². The van der Waals surface area contributed by atoms with Gasteiger partial charge in [0, 0.05) is 25.8 Å². The van der Waals surface area contributed by atoms with Crippen molar-refractivity contribution in [2.45, 2.75) is 0 Å². The zero-order chi connectivity index (χ0) is 7.07. The molecule has 0 saturated heterocycles. The van der Waals surface area contributed by atoms with Crippen LogP contribution >= 0.6 is 0 Å². The molecule has 0 saturated carbocycles. The maximum absolute atomic E-state index is 2.00. The molecule has 2 aromatic rings. The van der Waals surface area contributed by atoms with Crippen molar-refractivity contribution in [3.63, 3.8) is 0 Å². The minimum Gasteiger partial charge on any atom is -0.214 e. The van der Waals surface area contributed by atoms with Crippen LogP contribution < -0.4 is 0 Å². The Morgan fingerprint density at radius 1 is 0.545 bits per heavy atom. The summed E-state index contributed by atoms with van der Waals surface area (Å²) in [4.78, 5) is 0. The van der Waals surface area contributed by atoms with Gasteiger partial charge < -0.3 is 0 Å². The van der Waals surface area contributed by atoms with Gasteiger partial charge in [-0.15, -0.1) is 0 Å². The van der Waals surface area contributed by atoms with Crippen LogP contribution in [0, 0.1) is 0 Å². The van der Waals surface area contributed by atoms with Crippen LogP contribution in [0.2, 0.25) is 0 Å². The molecule has 0 fully saturated rings.